The summed E-state index contributed by atoms with van der Waals surface area (Å²) in [6.07, 6.45) is 0. The third kappa shape index (κ3) is 1.34. The summed E-state index contributed by atoms with van der Waals surface area (Å²) in [6.45, 7) is 1.83. The fraction of sp³-hybridized carbons (Fsp3) is 0.333. The highest BCUT2D eigenvalue weighted by atomic mass is 16.5. The van der Waals surface area contributed by atoms with Crippen molar-refractivity contribution in [2.45, 2.75) is 6.92 Å². The molecule has 54 valence electrons. The van der Waals surface area contributed by atoms with Crippen molar-refractivity contribution in [3.8, 4) is 5.88 Å². The molecule has 0 fully saturated rings. The SMILES string of the molecule is COc1cc(C)nc(N)n1. The lowest BCUT2D eigenvalue weighted by Crippen LogP contribution is -1.98. The van der Waals surface area contributed by atoms with Crippen LogP contribution in [0.1, 0.15) is 5.69 Å². The zero-order valence-corrected chi connectivity index (χ0v) is 5.96. The van der Waals surface area contributed by atoms with E-state index >= 15 is 0 Å². The number of methoxy groups -OCH3 is 1. The number of hydrogen-bond acceptors (Lipinski definition) is 4. The number of aryl methyl sites for hydroxylation is 1. The van der Waals surface area contributed by atoms with Gasteiger partial charge in [-0.1, -0.05) is 0 Å². The van der Waals surface area contributed by atoms with Gasteiger partial charge >= 0.3 is 0 Å². The number of rotatable bonds is 1. The molecule has 4 nitrogen and oxygen atoms in total. The summed E-state index contributed by atoms with van der Waals surface area (Å²) in [5.41, 5.74) is 6.14. The lowest BCUT2D eigenvalue weighted by atomic mass is 10.4. The number of nitrogen functional groups attached to an aromatic ring is 1. The Kier molecular flexibility index (Phi) is 1.71. The molecule has 0 aliphatic heterocycles. The van der Waals surface area contributed by atoms with Crippen LogP contribution < -0.4 is 10.5 Å². The van der Waals surface area contributed by atoms with E-state index in [2.05, 4.69) is 9.97 Å². The van der Waals surface area contributed by atoms with Crippen molar-refractivity contribution in [3.05, 3.63) is 11.8 Å². The number of nitrogens with zero attached hydrogens (tertiary/aromatic N) is 2. The van der Waals surface area contributed by atoms with Gasteiger partial charge in [-0.15, -0.1) is 0 Å². The Morgan fingerprint density at radius 2 is 2.20 bits per heavy atom. The minimum atomic E-state index is 0.247. The molecule has 0 saturated carbocycles. The molecule has 0 saturated heterocycles. The number of aromatic nitrogens is 2. The molecular formula is C6H9N3O. The fourth-order valence-corrected chi connectivity index (χ4v) is 0.666. The van der Waals surface area contributed by atoms with Crippen LogP contribution in [0.15, 0.2) is 6.07 Å². The molecule has 0 atom stereocenters. The second-order valence-corrected chi connectivity index (χ2v) is 1.91. The Morgan fingerprint density at radius 3 is 2.70 bits per heavy atom. The molecule has 1 aromatic heterocycles. The Bertz CT molecular complexity index is 216. The van der Waals surface area contributed by atoms with E-state index in [0.29, 0.717) is 5.88 Å². The zero-order chi connectivity index (χ0) is 7.56. The third-order valence-corrected chi connectivity index (χ3v) is 1.06. The van der Waals surface area contributed by atoms with Gasteiger partial charge in [-0.2, -0.15) is 4.98 Å². The second kappa shape index (κ2) is 2.51. The van der Waals surface area contributed by atoms with Gasteiger partial charge in [0.2, 0.25) is 11.8 Å². The molecule has 1 rings (SSSR count). The molecule has 10 heavy (non-hydrogen) atoms. The van der Waals surface area contributed by atoms with E-state index in [1.165, 1.54) is 0 Å². The highest BCUT2D eigenvalue weighted by molar-refractivity contribution is 5.24. The highest BCUT2D eigenvalue weighted by Crippen LogP contribution is 2.07. The van der Waals surface area contributed by atoms with Crippen LogP contribution in [0.2, 0.25) is 0 Å². The van der Waals surface area contributed by atoms with E-state index in [9.17, 15) is 0 Å². The fourth-order valence-electron chi connectivity index (χ4n) is 0.666. The van der Waals surface area contributed by atoms with E-state index in [-0.39, 0.29) is 5.95 Å². The van der Waals surface area contributed by atoms with Gasteiger partial charge in [-0.25, -0.2) is 4.98 Å². The summed E-state index contributed by atoms with van der Waals surface area (Å²) < 4.78 is 4.84. The molecule has 0 radical (unpaired) electrons. The van der Waals surface area contributed by atoms with E-state index in [4.69, 9.17) is 10.5 Å². The molecular weight excluding hydrogens is 130 g/mol. The molecule has 0 bridgehead atoms. The van der Waals surface area contributed by atoms with Crippen LogP contribution in [-0.2, 0) is 0 Å². The first kappa shape index (κ1) is 6.80. The van der Waals surface area contributed by atoms with Gasteiger partial charge < -0.3 is 10.5 Å². The Hall–Kier alpha value is -1.32. The van der Waals surface area contributed by atoms with Crippen molar-refractivity contribution in [1.82, 2.24) is 9.97 Å². The Balaban J connectivity index is 3.06. The van der Waals surface area contributed by atoms with Crippen molar-refractivity contribution in [3.63, 3.8) is 0 Å². The standard InChI is InChI=1S/C6H9N3O/c1-4-3-5(10-2)9-6(7)8-4/h3H,1-2H3,(H2,7,8,9). The first-order valence-corrected chi connectivity index (χ1v) is 2.87. The van der Waals surface area contributed by atoms with Crippen LogP contribution >= 0.6 is 0 Å². The third-order valence-electron chi connectivity index (χ3n) is 1.06. The molecule has 0 unspecified atom stereocenters. The van der Waals surface area contributed by atoms with Crippen LogP contribution in [-0.4, -0.2) is 17.1 Å². The quantitative estimate of drug-likeness (QED) is 0.610. The summed E-state index contributed by atoms with van der Waals surface area (Å²) in [5, 5.41) is 0. The van der Waals surface area contributed by atoms with E-state index in [1.807, 2.05) is 6.92 Å². The van der Waals surface area contributed by atoms with Crippen LogP contribution in [0.3, 0.4) is 0 Å². The maximum absolute atomic E-state index is 5.33. The molecule has 1 aromatic rings. The lowest BCUT2D eigenvalue weighted by molar-refractivity contribution is 0.397. The minimum absolute atomic E-state index is 0.247. The van der Waals surface area contributed by atoms with Crippen LogP contribution in [0.4, 0.5) is 5.95 Å². The maximum Gasteiger partial charge on any atom is 0.223 e. The lowest BCUT2D eigenvalue weighted by Gasteiger charge is -1.99. The van der Waals surface area contributed by atoms with E-state index in [0.717, 1.165) is 5.69 Å². The summed E-state index contributed by atoms with van der Waals surface area (Å²) in [5.74, 6) is 0.752. The Labute approximate surface area is 59.1 Å². The average Bonchev–Trinajstić information content (AvgIpc) is 1.85. The summed E-state index contributed by atoms with van der Waals surface area (Å²) in [7, 11) is 1.54. The van der Waals surface area contributed by atoms with Crippen molar-refractivity contribution < 1.29 is 4.74 Å². The minimum Gasteiger partial charge on any atom is -0.481 e. The number of nitrogens with two attached hydrogens (primary N) is 1. The molecule has 0 spiro atoms. The molecule has 0 amide bonds. The average molecular weight is 139 g/mol. The zero-order valence-electron chi connectivity index (χ0n) is 5.96. The van der Waals surface area contributed by atoms with Gasteiger partial charge in [0, 0.05) is 11.8 Å². The van der Waals surface area contributed by atoms with Crippen LogP contribution in [0.25, 0.3) is 0 Å². The number of anilines is 1. The Morgan fingerprint density at radius 1 is 1.50 bits per heavy atom. The van der Waals surface area contributed by atoms with Crippen molar-refractivity contribution in [2.24, 2.45) is 0 Å². The van der Waals surface area contributed by atoms with Gasteiger partial charge in [0.25, 0.3) is 0 Å². The van der Waals surface area contributed by atoms with Gasteiger partial charge in [0.15, 0.2) is 0 Å². The summed E-state index contributed by atoms with van der Waals surface area (Å²) in [4.78, 5) is 7.67. The smallest absolute Gasteiger partial charge is 0.223 e. The number of ether oxygens (including phenoxy) is 1. The molecule has 0 aliphatic rings. The highest BCUT2D eigenvalue weighted by Gasteiger charge is 1.95. The van der Waals surface area contributed by atoms with Crippen molar-refractivity contribution in [1.29, 1.82) is 0 Å². The molecule has 2 N–H and O–H groups in total. The van der Waals surface area contributed by atoms with Gasteiger partial charge in [-0.3, -0.25) is 0 Å². The molecule has 0 aromatic carbocycles. The monoisotopic (exact) mass is 139 g/mol. The maximum atomic E-state index is 5.33. The summed E-state index contributed by atoms with van der Waals surface area (Å²) in [6, 6.07) is 1.72. The predicted molar refractivity (Wildman–Crippen MR) is 37.7 cm³/mol. The summed E-state index contributed by atoms with van der Waals surface area (Å²) >= 11 is 0. The van der Waals surface area contributed by atoms with Crippen LogP contribution in [0, 0.1) is 6.92 Å². The van der Waals surface area contributed by atoms with Crippen molar-refractivity contribution in [2.75, 3.05) is 12.8 Å². The molecule has 0 aliphatic carbocycles. The predicted octanol–water partition coefficient (Wildman–Crippen LogP) is 0.376. The van der Waals surface area contributed by atoms with Gasteiger partial charge in [0.05, 0.1) is 7.11 Å². The van der Waals surface area contributed by atoms with Gasteiger partial charge in [0.1, 0.15) is 0 Å². The first-order valence-electron chi connectivity index (χ1n) is 2.87. The van der Waals surface area contributed by atoms with E-state index < -0.39 is 0 Å². The van der Waals surface area contributed by atoms with Crippen molar-refractivity contribution >= 4 is 5.95 Å². The van der Waals surface area contributed by atoms with Gasteiger partial charge in [-0.05, 0) is 6.92 Å². The molecule has 4 heteroatoms. The largest absolute Gasteiger partial charge is 0.481 e. The first-order chi connectivity index (χ1) is 4.72. The topological polar surface area (TPSA) is 61.0 Å². The second-order valence-electron chi connectivity index (χ2n) is 1.91. The van der Waals surface area contributed by atoms with E-state index in [1.54, 1.807) is 13.2 Å². The number of hydrogen-bond donors (Lipinski definition) is 1. The molecule has 1 heterocycles. The van der Waals surface area contributed by atoms with Crippen LogP contribution in [0.5, 0.6) is 5.88 Å². The normalized spacial score (nSPS) is 9.40.